The highest BCUT2D eigenvalue weighted by Crippen LogP contribution is 2.29. The summed E-state index contributed by atoms with van der Waals surface area (Å²) in [4.78, 5) is 15.5. The molecule has 134 valence electrons. The highest BCUT2D eigenvalue weighted by Gasteiger charge is 2.17. The van der Waals surface area contributed by atoms with Gasteiger partial charge in [-0.3, -0.25) is 10.1 Å². The van der Waals surface area contributed by atoms with E-state index in [0.29, 0.717) is 5.69 Å². The predicted molar refractivity (Wildman–Crippen MR) is 102 cm³/mol. The topological polar surface area (TPSA) is 85.4 Å². The maximum absolute atomic E-state index is 11.2. The number of hydrogen-bond acceptors (Lipinski definition) is 6. The maximum Gasteiger partial charge on any atom is 0.293 e. The second-order valence-electron chi connectivity index (χ2n) is 6.19. The van der Waals surface area contributed by atoms with Crippen LogP contribution in [-0.2, 0) is 0 Å². The Morgan fingerprint density at radius 3 is 2.42 bits per heavy atom. The van der Waals surface area contributed by atoms with Crippen molar-refractivity contribution in [2.24, 2.45) is 0 Å². The van der Waals surface area contributed by atoms with Gasteiger partial charge in [0.05, 0.1) is 16.6 Å². The highest BCUT2D eigenvalue weighted by atomic mass is 16.6. The first-order valence-corrected chi connectivity index (χ1v) is 8.63. The molecule has 7 nitrogen and oxygen atoms in total. The molecule has 0 radical (unpaired) electrons. The summed E-state index contributed by atoms with van der Waals surface area (Å²) in [6.45, 7) is 7.39. The summed E-state index contributed by atoms with van der Waals surface area (Å²) in [5, 5.41) is 23.2. The minimum Gasteiger partial charge on any atom is -0.369 e. The van der Waals surface area contributed by atoms with Crippen molar-refractivity contribution >= 4 is 22.7 Å². The number of nitrogens with one attached hydrogen (secondary N) is 1. The van der Waals surface area contributed by atoms with E-state index >= 15 is 0 Å². The average Bonchev–Trinajstić information content (AvgIpc) is 2.69. The van der Waals surface area contributed by atoms with Crippen molar-refractivity contribution in [1.82, 2.24) is 4.90 Å². The van der Waals surface area contributed by atoms with Crippen LogP contribution in [0.25, 0.3) is 0 Å². The number of benzene rings is 2. The Balaban J connectivity index is 1.72. The third-order valence-electron chi connectivity index (χ3n) is 4.65. The van der Waals surface area contributed by atoms with Gasteiger partial charge in [0.25, 0.3) is 5.69 Å². The van der Waals surface area contributed by atoms with Crippen molar-refractivity contribution in [2.45, 2.75) is 6.92 Å². The van der Waals surface area contributed by atoms with Crippen LogP contribution in [0.2, 0.25) is 0 Å². The number of rotatable bonds is 5. The molecular formula is C19H21N5O2. The van der Waals surface area contributed by atoms with Crippen LogP contribution >= 0.6 is 0 Å². The van der Waals surface area contributed by atoms with Crippen LogP contribution in [0.3, 0.4) is 0 Å². The second-order valence-corrected chi connectivity index (χ2v) is 6.19. The van der Waals surface area contributed by atoms with Gasteiger partial charge in [-0.15, -0.1) is 0 Å². The Morgan fingerprint density at radius 1 is 1.15 bits per heavy atom. The molecule has 3 rings (SSSR count). The zero-order valence-electron chi connectivity index (χ0n) is 14.7. The van der Waals surface area contributed by atoms with Crippen LogP contribution in [0.4, 0.5) is 22.7 Å². The van der Waals surface area contributed by atoms with Gasteiger partial charge in [-0.05, 0) is 42.9 Å². The number of nitro benzene ring substituents is 1. The largest absolute Gasteiger partial charge is 0.369 e. The molecule has 0 saturated carbocycles. The molecule has 2 aromatic carbocycles. The van der Waals surface area contributed by atoms with Gasteiger partial charge in [-0.25, -0.2) is 0 Å². The lowest BCUT2D eigenvalue weighted by Crippen LogP contribution is -2.46. The van der Waals surface area contributed by atoms with Crippen LogP contribution in [0, 0.1) is 21.4 Å². The van der Waals surface area contributed by atoms with Gasteiger partial charge in [0.15, 0.2) is 0 Å². The summed E-state index contributed by atoms with van der Waals surface area (Å²) in [7, 11) is 0. The molecular weight excluding hydrogens is 330 g/mol. The molecule has 1 aliphatic rings. The van der Waals surface area contributed by atoms with E-state index in [4.69, 9.17) is 5.26 Å². The smallest absolute Gasteiger partial charge is 0.293 e. The van der Waals surface area contributed by atoms with Crippen molar-refractivity contribution in [3.05, 3.63) is 58.1 Å². The van der Waals surface area contributed by atoms with Crippen LogP contribution in [0.5, 0.6) is 0 Å². The molecule has 1 fully saturated rings. The minimum absolute atomic E-state index is 0.108. The van der Waals surface area contributed by atoms with E-state index in [0.717, 1.165) is 44.1 Å². The standard InChI is InChI=1S/C19H21N5O2/c1-2-22-9-11-23(12-10-22)17-6-4-16(5-7-17)21-18-8-3-15(14-20)13-19(18)24(25)26/h3-8,13,21H,2,9-12H2,1H3. The number of nitro groups is 1. The molecule has 0 aliphatic carbocycles. The van der Waals surface area contributed by atoms with Gasteiger partial charge in [-0.1, -0.05) is 6.92 Å². The normalized spacial score (nSPS) is 14.7. The van der Waals surface area contributed by atoms with Crippen LogP contribution < -0.4 is 10.2 Å². The van der Waals surface area contributed by atoms with E-state index in [9.17, 15) is 10.1 Å². The molecule has 0 bridgehead atoms. The molecule has 0 aromatic heterocycles. The van der Waals surface area contributed by atoms with E-state index in [1.807, 2.05) is 30.3 Å². The quantitative estimate of drug-likeness (QED) is 0.657. The molecule has 26 heavy (non-hydrogen) atoms. The van der Waals surface area contributed by atoms with E-state index in [1.54, 1.807) is 12.1 Å². The predicted octanol–water partition coefficient (Wildman–Crippen LogP) is 3.35. The third-order valence-corrected chi connectivity index (χ3v) is 4.65. The fourth-order valence-corrected chi connectivity index (χ4v) is 3.09. The average molecular weight is 351 g/mol. The monoisotopic (exact) mass is 351 g/mol. The molecule has 0 spiro atoms. The van der Waals surface area contributed by atoms with E-state index in [-0.39, 0.29) is 11.3 Å². The Labute approximate surface area is 152 Å². The molecule has 2 aromatic rings. The molecule has 1 saturated heterocycles. The van der Waals surface area contributed by atoms with Gasteiger partial charge in [0, 0.05) is 43.6 Å². The lowest BCUT2D eigenvalue weighted by molar-refractivity contribution is -0.383. The Bertz CT molecular complexity index is 821. The number of piperazine rings is 1. The first-order chi connectivity index (χ1) is 12.6. The number of nitriles is 1. The van der Waals surface area contributed by atoms with Crippen molar-refractivity contribution in [3.63, 3.8) is 0 Å². The van der Waals surface area contributed by atoms with Crippen LogP contribution in [-0.4, -0.2) is 42.5 Å². The third kappa shape index (κ3) is 3.92. The van der Waals surface area contributed by atoms with Crippen molar-refractivity contribution in [2.75, 3.05) is 42.9 Å². The lowest BCUT2D eigenvalue weighted by Gasteiger charge is -2.35. The minimum atomic E-state index is -0.481. The van der Waals surface area contributed by atoms with Gasteiger partial charge in [-0.2, -0.15) is 5.26 Å². The Kier molecular flexibility index (Phi) is 5.34. The molecule has 1 heterocycles. The number of anilines is 3. The van der Waals surface area contributed by atoms with Crippen molar-refractivity contribution in [1.29, 1.82) is 5.26 Å². The fourth-order valence-electron chi connectivity index (χ4n) is 3.09. The summed E-state index contributed by atoms with van der Waals surface area (Å²) in [5.41, 5.74) is 2.46. The van der Waals surface area contributed by atoms with Gasteiger partial charge in [0.1, 0.15) is 5.69 Å². The summed E-state index contributed by atoms with van der Waals surface area (Å²) in [6, 6.07) is 14.2. The Hall–Kier alpha value is -3.11. The Morgan fingerprint density at radius 2 is 1.85 bits per heavy atom. The zero-order valence-corrected chi connectivity index (χ0v) is 14.7. The summed E-state index contributed by atoms with van der Waals surface area (Å²) >= 11 is 0. The number of likely N-dealkylation sites (N-methyl/N-ethyl adjacent to an activating group) is 1. The lowest BCUT2D eigenvalue weighted by atomic mass is 10.1. The highest BCUT2D eigenvalue weighted by molar-refractivity contribution is 5.71. The first-order valence-electron chi connectivity index (χ1n) is 8.63. The molecule has 0 amide bonds. The van der Waals surface area contributed by atoms with E-state index < -0.39 is 4.92 Å². The van der Waals surface area contributed by atoms with Gasteiger partial charge in [0.2, 0.25) is 0 Å². The van der Waals surface area contributed by atoms with Gasteiger partial charge < -0.3 is 15.1 Å². The zero-order chi connectivity index (χ0) is 18.5. The summed E-state index contributed by atoms with van der Waals surface area (Å²) in [5.74, 6) is 0. The molecule has 7 heteroatoms. The van der Waals surface area contributed by atoms with Crippen molar-refractivity contribution in [3.8, 4) is 6.07 Å². The number of hydrogen-bond donors (Lipinski definition) is 1. The van der Waals surface area contributed by atoms with Gasteiger partial charge >= 0.3 is 0 Å². The fraction of sp³-hybridized carbons (Fsp3) is 0.316. The maximum atomic E-state index is 11.2. The molecule has 1 N–H and O–H groups in total. The SMILES string of the molecule is CCN1CCN(c2ccc(Nc3ccc(C#N)cc3[N+](=O)[O-])cc2)CC1. The van der Waals surface area contributed by atoms with Crippen LogP contribution in [0.1, 0.15) is 12.5 Å². The molecule has 0 unspecified atom stereocenters. The van der Waals surface area contributed by atoms with Crippen molar-refractivity contribution < 1.29 is 4.92 Å². The van der Waals surface area contributed by atoms with Crippen LogP contribution in [0.15, 0.2) is 42.5 Å². The molecule has 1 aliphatic heterocycles. The summed E-state index contributed by atoms with van der Waals surface area (Å²) < 4.78 is 0. The molecule has 0 atom stereocenters. The van der Waals surface area contributed by atoms with E-state index in [1.165, 1.54) is 6.07 Å². The first kappa shape index (κ1) is 17.7. The van der Waals surface area contributed by atoms with E-state index in [2.05, 4.69) is 22.0 Å². The number of nitrogens with zero attached hydrogens (tertiary/aromatic N) is 4. The summed E-state index contributed by atoms with van der Waals surface area (Å²) in [6.07, 6.45) is 0. The second kappa shape index (κ2) is 7.85.